The van der Waals surface area contributed by atoms with E-state index >= 15 is 0 Å². The molecule has 1 aliphatic rings. The Bertz CT molecular complexity index is 885. The second kappa shape index (κ2) is 6.72. The second-order valence-electron chi connectivity index (χ2n) is 5.98. The summed E-state index contributed by atoms with van der Waals surface area (Å²) in [6.45, 7) is 2.22. The van der Waals surface area contributed by atoms with E-state index < -0.39 is 0 Å². The van der Waals surface area contributed by atoms with Crippen LogP contribution in [0.15, 0.2) is 40.9 Å². The smallest absolute Gasteiger partial charge is 0.251 e. The van der Waals surface area contributed by atoms with E-state index in [1.54, 1.807) is 30.5 Å². The lowest BCUT2D eigenvalue weighted by molar-refractivity contribution is 0.0947. The summed E-state index contributed by atoms with van der Waals surface area (Å²) in [5.74, 6) is 0.201. The van der Waals surface area contributed by atoms with Crippen LogP contribution < -0.4 is 10.2 Å². The van der Waals surface area contributed by atoms with Gasteiger partial charge in [0.15, 0.2) is 11.2 Å². The van der Waals surface area contributed by atoms with Crippen LogP contribution in [-0.2, 0) is 6.54 Å². The quantitative estimate of drug-likeness (QED) is 0.775. The number of nitrogens with one attached hydrogen (secondary N) is 1. The predicted molar refractivity (Wildman–Crippen MR) is 95.9 cm³/mol. The Hall–Kier alpha value is -2.60. The molecule has 3 aromatic rings. The number of halogens is 1. The van der Waals surface area contributed by atoms with Crippen molar-refractivity contribution >= 4 is 34.4 Å². The lowest BCUT2D eigenvalue weighted by Crippen LogP contribution is -2.23. The van der Waals surface area contributed by atoms with Crippen molar-refractivity contribution in [2.45, 2.75) is 19.4 Å². The van der Waals surface area contributed by atoms with Crippen LogP contribution in [0, 0.1) is 0 Å². The standard InChI is InChI=1S/C18H17ClN4O2/c19-13-10-12(5-6-14(13)23-8-1-2-9-23)18(24)21-11-16-22-17-15(25-16)4-3-7-20-17/h3-7,10H,1-2,8-9,11H2,(H,21,24). The molecule has 4 rings (SSSR count). The molecule has 0 saturated carbocycles. The zero-order chi connectivity index (χ0) is 17.2. The number of nitrogens with zero attached hydrogens (tertiary/aromatic N) is 3. The highest BCUT2D eigenvalue weighted by Crippen LogP contribution is 2.29. The zero-order valence-corrected chi connectivity index (χ0v) is 14.3. The molecule has 1 aliphatic heterocycles. The topological polar surface area (TPSA) is 71.3 Å². The average molecular weight is 357 g/mol. The van der Waals surface area contributed by atoms with Crippen molar-refractivity contribution in [2.24, 2.45) is 0 Å². The fraction of sp³-hybridized carbons (Fsp3) is 0.278. The highest BCUT2D eigenvalue weighted by atomic mass is 35.5. The summed E-state index contributed by atoms with van der Waals surface area (Å²) in [5, 5.41) is 3.40. The minimum atomic E-state index is -0.218. The van der Waals surface area contributed by atoms with Gasteiger partial charge >= 0.3 is 0 Å². The highest BCUT2D eigenvalue weighted by Gasteiger charge is 2.17. The van der Waals surface area contributed by atoms with Gasteiger partial charge < -0.3 is 14.6 Å². The Morgan fingerprint density at radius 2 is 2.12 bits per heavy atom. The van der Waals surface area contributed by atoms with E-state index in [1.807, 2.05) is 6.07 Å². The van der Waals surface area contributed by atoms with Gasteiger partial charge in [-0.05, 0) is 43.2 Å². The summed E-state index contributed by atoms with van der Waals surface area (Å²) < 4.78 is 5.54. The van der Waals surface area contributed by atoms with Gasteiger partial charge in [0.1, 0.15) is 0 Å². The van der Waals surface area contributed by atoms with Gasteiger partial charge in [-0.1, -0.05) is 11.6 Å². The van der Waals surface area contributed by atoms with Crippen LogP contribution in [0.5, 0.6) is 0 Å². The first kappa shape index (κ1) is 15.9. The maximum Gasteiger partial charge on any atom is 0.251 e. The summed E-state index contributed by atoms with van der Waals surface area (Å²) in [7, 11) is 0. The molecule has 0 radical (unpaired) electrons. The minimum Gasteiger partial charge on any atom is -0.437 e. The zero-order valence-electron chi connectivity index (χ0n) is 13.5. The van der Waals surface area contributed by atoms with Gasteiger partial charge in [0.25, 0.3) is 5.91 Å². The number of pyridine rings is 1. The number of amides is 1. The number of carbonyl (C=O) groups is 1. The first-order valence-electron chi connectivity index (χ1n) is 8.24. The van der Waals surface area contributed by atoms with Gasteiger partial charge in [0.2, 0.25) is 5.89 Å². The van der Waals surface area contributed by atoms with Gasteiger partial charge in [-0.25, -0.2) is 4.98 Å². The van der Waals surface area contributed by atoms with Crippen molar-refractivity contribution in [1.29, 1.82) is 0 Å². The number of aromatic nitrogens is 2. The SMILES string of the molecule is O=C(NCc1nc2ncccc2o1)c1ccc(N2CCCC2)c(Cl)c1. The minimum absolute atomic E-state index is 0.195. The largest absolute Gasteiger partial charge is 0.437 e. The molecule has 1 amide bonds. The molecule has 7 heteroatoms. The molecule has 0 aliphatic carbocycles. The van der Waals surface area contributed by atoms with E-state index in [0.29, 0.717) is 27.7 Å². The number of oxazole rings is 1. The number of benzene rings is 1. The van der Waals surface area contributed by atoms with Crippen LogP contribution in [0.1, 0.15) is 29.1 Å². The van der Waals surface area contributed by atoms with Crippen LogP contribution in [0.3, 0.4) is 0 Å². The Labute approximate surface area is 149 Å². The number of fused-ring (bicyclic) bond motifs is 1. The number of hydrogen-bond donors (Lipinski definition) is 1. The van der Waals surface area contributed by atoms with Gasteiger partial charge in [0.05, 0.1) is 17.3 Å². The molecule has 6 nitrogen and oxygen atoms in total. The highest BCUT2D eigenvalue weighted by molar-refractivity contribution is 6.33. The van der Waals surface area contributed by atoms with Gasteiger partial charge in [-0.2, -0.15) is 4.98 Å². The van der Waals surface area contributed by atoms with E-state index in [2.05, 4.69) is 20.2 Å². The Balaban J connectivity index is 1.44. The first-order valence-corrected chi connectivity index (χ1v) is 8.61. The second-order valence-corrected chi connectivity index (χ2v) is 6.38. The predicted octanol–water partition coefficient (Wildman–Crippen LogP) is 3.41. The van der Waals surface area contributed by atoms with Gasteiger partial charge in [-0.3, -0.25) is 4.79 Å². The van der Waals surface area contributed by atoms with Gasteiger partial charge in [-0.15, -0.1) is 0 Å². The summed E-state index contributed by atoms with van der Waals surface area (Å²) >= 11 is 6.36. The van der Waals surface area contributed by atoms with Crippen molar-refractivity contribution in [3.05, 3.63) is 53.0 Å². The fourth-order valence-corrected chi connectivity index (χ4v) is 3.31. The molecule has 25 heavy (non-hydrogen) atoms. The molecule has 0 bridgehead atoms. The number of hydrogen-bond acceptors (Lipinski definition) is 5. The van der Waals surface area contributed by atoms with Crippen molar-refractivity contribution in [3.8, 4) is 0 Å². The Kier molecular flexibility index (Phi) is 4.28. The molecule has 1 aromatic carbocycles. The molecule has 0 atom stereocenters. The molecule has 2 aromatic heterocycles. The average Bonchev–Trinajstić information content (AvgIpc) is 3.28. The number of rotatable bonds is 4. The monoisotopic (exact) mass is 356 g/mol. The van der Waals surface area contributed by atoms with E-state index in [9.17, 15) is 4.79 Å². The van der Waals surface area contributed by atoms with E-state index in [4.69, 9.17) is 16.0 Å². The van der Waals surface area contributed by atoms with Crippen molar-refractivity contribution in [1.82, 2.24) is 15.3 Å². The fourth-order valence-electron chi connectivity index (χ4n) is 3.01. The number of anilines is 1. The normalized spacial score (nSPS) is 14.2. The molecule has 3 heterocycles. The third-order valence-corrected chi connectivity index (χ3v) is 4.57. The van der Waals surface area contributed by atoms with Crippen LogP contribution in [0.4, 0.5) is 5.69 Å². The Morgan fingerprint density at radius 3 is 2.88 bits per heavy atom. The van der Waals surface area contributed by atoms with Crippen molar-refractivity contribution < 1.29 is 9.21 Å². The first-order chi connectivity index (χ1) is 12.2. The summed E-state index contributed by atoms with van der Waals surface area (Å²) in [6, 6.07) is 8.98. The molecule has 1 fully saturated rings. The summed E-state index contributed by atoms with van der Waals surface area (Å²) in [4.78, 5) is 22.9. The summed E-state index contributed by atoms with van der Waals surface area (Å²) in [5.41, 5.74) is 2.64. The van der Waals surface area contributed by atoms with Gasteiger partial charge in [0, 0.05) is 24.8 Å². The maximum absolute atomic E-state index is 12.3. The lowest BCUT2D eigenvalue weighted by Gasteiger charge is -2.19. The van der Waals surface area contributed by atoms with E-state index in [-0.39, 0.29) is 12.5 Å². The summed E-state index contributed by atoms with van der Waals surface area (Å²) in [6.07, 6.45) is 4.01. The van der Waals surface area contributed by atoms with Crippen molar-refractivity contribution in [3.63, 3.8) is 0 Å². The molecule has 0 spiro atoms. The molecule has 128 valence electrons. The Morgan fingerprint density at radius 1 is 1.28 bits per heavy atom. The third-order valence-electron chi connectivity index (χ3n) is 4.27. The van der Waals surface area contributed by atoms with Crippen LogP contribution in [0.2, 0.25) is 5.02 Å². The maximum atomic E-state index is 12.3. The molecular weight excluding hydrogens is 340 g/mol. The van der Waals surface area contributed by atoms with Crippen LogP contribution in [-0.4, -0.2) is 29.0 Å². The molecule has 0 unspecified atom stereocenters. The van der Waals surface area contributed by atoms with Crippen LogP contribution in [0.25, 0.3) is 11.2 Å². The van der Waals surface area contributed by atoms with Crippen molar-refractivity contribution in [2.75, 3.05) is 18.0 Å². The third kappa shape index (κ3) is 3.30. The lowest BCUT2D eigenvalue weighted by atomic mass is 10.2. The molecule has 1 N–H and O–H groups in total. The van der Waals surface area contributed by atoms with E-state index in [0.717, 1.165) is 18.8 Å². The molecular formula is C18H17ClN4O2. The van der Waals surface area contributed by atoms with E-state index in [1.165, 1.54) is 12.8 Å². The number of carbonyl (C=O) groups excluding carboxylic acids is 1. The molecule has 1 saturated heterocycles. The van der Waals surface area contributed by atoms with Crippen LogP contribution >= 0.6 is 11.6 Å².